The molecule has 1 heterocycles. The summed E-state index contributed by atoms with van der Waals surface area (Å²) in [6, 6.07) is 0. The van der Waals surface area contributed by atoms with Crippen molar-refractivity contribution in [3.05, 3.63) is 0 Å². The molecule has 0 radical (unpaired) electrons. The average Bonchev–Trinajstić information content (AvgIpc) is 2.31. The SMILES string of the molecule is O=C(O)C1(SC2CCCCC2)CCNCC1. The van der Waals surface area contributed by atoms with E-state index in [2.05, 4.69) is 5.32 Å². The second kappa shape index (κ2) is 5.41. The van der Waals surface area contributed by atoms with Crippen molar-refractivity contribution < 1.29 is 9.90 Å². The van der Waals surface area contributed by atoms with Crippen LogP contribution in [-0.4, -0.2) is 34.2 Å². The minimum absolute atomic E-state index is 0.493. The highest BCUT2D eigenvalue weighted by Gasteiger charge is 2.42. The summed E-state index contributed by atoms with van der Waals surface area (Å²) in [6.07, 6.45) is 7.89. The molecule has 2 fully saturated rings. The van der Waals surface area contributed by atoms with Gasteiger partial charge in [0.25, 0.3) is 0 Å². The van der Waals surface area contributed by atoms with Crippen LogP contribution in [0, 0.1) is 0 Å². The zero-order valence-electron chi connectivity index (χ0n) is 9.71. The number of nitrogens with one attached hydrogen (secondary N) is 1. The molecule has 4 heteroatoms. The third-order valence-corrected chi connectivity index (χ3v) is 5.58. The lowest BCUT2D eigenvalue weighted by molar-refractivity contribution is -0.140. The normalized spacial score (nSPS) is 26.5. The van der Waals surface area contributed by atoms with Gasteiger partial charge in [-0.25, -0.2) is 0 Å². The minimum atomic E-state index is -0.593. The molecule has 1 saturated carbocycles. The molecule has 92 valence electrons. The number of aliphatic carboxylic acids is 1. The van der Waals surface area contributed by atoms with E-state index in [-0.39, 0.29) is 0 Å². The van der Waals surface area contributed by atoms with Crippen LogP contribution >= 0.6 is 11.8 Å². The molecule has 1 aliphatic heterocycles. The summed E-state index contributed by atoms with van der Waals surface area (Å²) in [6.45, 7) is 1.71. The van der Waals surface area contributed by atoms with Crippen molar-refractivity contribution in [2.45, 2.75) is 54.9 Å². The van der Waals surface area contributed by atoms with Crippen LogP contribution in [0.1, 0.15) is 44.9 Å². The van der Waals surface area contributed by atoms with E-state index in [0.717, 1.165) is 25.9 Å². The van der Waals surface area contributed by atoms with E-state index in [1.54, 1.807) is 11.8 Å². The van der Waals surface area contributed by atoms with Crippen LogP contribution < -0.4 is 5.32 Å². The molecular formula is C12H21NO2S. The Kier molecular flexibility index (Phi) is 4.14. The summed E-state index contributed by atoms with van der Waals surface area (Å²) in [7, 11) is 0. The van der Waals surface area contributed by atoms with Gasteiger partial charge in [0.05, 0.1) is 0 Å². The lowest BCUT2D eigenvalue weighted by atomic mass is 9.97. The van der Waals surface area contributed by atoms with Crippen LogP contribution in [0.4, 0.5) is 0 Å². The number of carbonyl (C=O) groups is 1. The third-order valence-electron chi connectivity index (χ3n) is 3.75. The smallest absolute Gasteiger partial charge is 0.319 e. The first-order valence-electron chi connectivity index (χ1n) is 6.35. The average molecular weight is 243 g/mol. The molecular weight excluding hydrogens is 222 g/mol. The standard InChI is InChI=1S/C12H21NO2S/c14-11(15)12(6-8-13-9-7-12)16-10-4-2-1-3-5-10/h10,13H,1-9H2,(H,14,15). The second-order valence-corrected chi connectivity index (χ2v) is 6.61. The predicted molar refractivity (Wildman–Crippen MR) is 66.9 cm³/mol. The second-order valence-electron chi connectivity index (χ2n) is 4.93. The maximum atomic E-state index is 11.5. The Bertz CT molecular complexity index is 245. The Morgan fingerprint density at radius 1 is 1.19 bits per heavy atom. The van der Waals surface area contributed by atoms with Crippen LogP contribution in [0.25, 0.3) is 0 Å². The minimum Gasteiger partial charge on any atom is -0.480 e. The molecule has 0 amide bonds. The van der Waals surface area contributed by atoms with Crippen LogP contribution in [-0.2, 0) is 4.79 Å². The number of carboxylic acids is 1. The number of carboxylic acid groups (broad SMARTS) is 1. The van der Waals surface area contributed by atoms with Gasteiger partial charge in [0.2, 0.25) is 0 Å². The molecule has 3 nitrogen and oxygen atoms in total. The quantitative estimate of drug-likeness (QED) is 0.798. The molecule has 1 aliphatic carbocycles. The Morgan fingerprint density at radius 2 is 1.81 bits per heavy atom. The topological polar surface area (TPSA) is 49.3 Å². The van der Waals surface area contributed by atoms with Gasteiger partial charge in [0, 0.05) is 5.25 Å². The number of hydrogen-bond donors (Lipinski definition) is 2. The lowest BCUT2D eigenvalue weighted by Crippen LogP contribution is -2.46. The molecule has 0 spiro atoms. The van der Waals surface area contributed by atoms with E-state index >= 15 is 0 Å². The summed E-state index contributed by atoms with van der Waals surface area (Å²) in [5.74, 6) is -0.593. The van der Waals surface area contributed by atoms with Gasteiger partial charge in [-0.05, 0) is 38.8 Å². The molecule has 1 saturated heterocycles. The summed E-state index contributed by atoms with van der Waals surface area (Å²) in [5.41, 5.74) is 0. The van der Waals surface area contributed by atoms with E-state index in [1.807, 2.05) is 0 Å². The molecule has 0 aromatic heterocycles. The zero-order chi connectivity index (χ0) is 11.4. The van der Waals surface area contributed by atoms with Gasteiger partial charge in [-0.2, -0.15) is 0 Å². The van der Waals surface area contributed by atoms with Gasteiger partial charge in [0.15, 0.2) is 0 Å². The van der Waals surface area contributed by atoms with Gasteiger partial charge in [-0.15, -0.1) is 11.8 Å². The van der Waals surface area contributed by atoms with Crippen molar-refractivity contribution in [2.24, 2.45) is 0 Å². The number of hydrogen-bond acceptors (Lipinski definition) is 3. The highest BCUT2D eigenvalue weighted by atomic mass is 32.2. The number of rotatable bonds is 3. The lowest BCUT2D eigenvalue weighted by Gasteiger charge is -2.37. The van der Waals surface area contributed by atoms with E-state index < -0.39 is 10.7 Å². The van der Waals surface area contributed by atoms with E-state index in [0.29, 0.717) is 5.25 Å². The number of thioether (sulfide) groups is 1. The van der Waals surface area contributed by atoms with Crippen LogP contribution in [0.3, 0.4) is 0 Å². The third kappa shape index (κ3) is 2.72. The monoisotopic (exact) mass is 243 g/mol. The van der Waals surface area contributed by atoms with Crippen molar-refractivity contribution >= 4 is 17.7 Å². The fourth-order valence-corrected chi connectivity index (χ4v) is 4.46. The Balaban J connectivity index is 1.98. The zero-order valence-corrected chi connectivity index (χ0v) is 10.5. The van der Waals surface area contributed by atoms with E-state index in [4.69, 9.17) is 0 Å². The summed E-state index contributed by atoms with van der Waals surface area (Å²) in [4.78, 5) is 11.5. The van der Waals surface area contributed by atoms with Crippen LogP contribution in [0.15, 0.2) is 0 Å². The van der Waals surface area contributed by atoms with Gasteiger partial charge < -0.3 is 10.4 Å². The van der Waals surface area contributed by atoms with Crippen molar-refractivity contribution in [1.29, 1.82) is 0 Å². The predicted octanol–water partition coefficient (Wildman–Crippen LogP) is 2.26. The summed E-state index contributed by atoms with van der Waals surface area (Å²) < 4.78 is -0.493. The highest BCUT2D eigenvalue weighted by molar-refractivity contribution is 8.02. The van der Waals surface area contributed by atoms with Gasteiger partial charge in [-0.3, -0.25) is 4.79 Å². The molecule has 2 N–H and O–H groups in total. The number of piperidine rings is 1. The maximum absolute atomic E-state index is 11.5. The van der Waals surface area contributed by atoms with Gasteiger partial charge in [-0.1, -0.05) is 19.3 Å². The molecule has 2 aliphatic rings. The Labute approximate surface area is 101 Å². The van der Waals surface area contributed by atoms with E-state index in [9.17, 15) is 9.90 Å². The summed E-state index contributed by atoms with van der Waals surface area (Å²) in [5, 5.41) is 13.3. The molecule has 0 aromatic rings. The molecule has 0 bridgehead atoms. The van der Waals surface area contributed by atoms with Crippen molar-refractivity contribution in [3.8, 4) is 0 Å². The highest BCUT2D eigenvalue weighted by Crippen LogP contribution is 2.42. The van der Waals surface area contributed by atoms with Crippen LogP contribution in [0.5, 0.6) is 0 Å². The van der Waals surface area contributed by atoms with Crippen molar-refractivity contribution in [2.75, 3.05) is 13.1 Å². The molecule has 16 heavy (non-hydrogen) atoms. The van der Waals surface area contributed by atoms with Crippen molar-refractivity contribution in [1.82, 2.24) is 5.32 Å². The first-order chi connectivity index (χ1) is 7.73. The van der Waals surface area contributed by atoms with E-state index in [1.165, 1.54) is 32.1 Å². The molecule has 0 aromatic carbocycles. The summed E-state index contributed by atoms with van der Waals surface area (Å²) >= 11 is 1.76. The fourth-order valence-electron chi connectivity index (χ4n) is 2.71. The fraction of sp³-hybridized carbons (Fsp3) is 0.917. The maximum Gasteiger partial charge on any atom is 0.319 e. The first kappa shape index (κ1) is 12.2. The largest absolute Gasteiger partial charge is 0.480 e. The molecule has 0 atom stereocenters. The first-order valence-corrected chi connectivity index (χ1v) is 7.23. The van der Waals surface area contributed by atoms with Crippen molar-refractivity contribution in [3.63, 3.8) is 0 Å². The van der Waals surface area contributed by atoms with Gasteiger partial charge >= 0.3 is 5.97 Å². The molecule has 2 rings (SSSR count). The Morgan fingerprint density at radius 3 is 2.38 bits per heavy atom. The van der Waals surface area contributed by atoms with Gasteiger partial charge in [0.1, 0.15) is 4.75 Å². The van der Waals surface area contributed by atoms with Crippen LogP contribution in [0.2, 0.25) is 0 Å². The Hall–Kier alpha value is -0.220. The molecule has 0 unspecified atom stereocenters.